The van der Waals surface area contributed by atoms with Crippen molar-refractivity contribution in [3.05, 3.63) is 33.8 Å². The first kappa shape index (κ1) is 10.8. The molecule has 0 bridgehead atoms. The van der Waals surface area contributed by atoms with Gasteiger partial charge in [-0.2, -0.15) is 0 Å². The zero-order valence-corrected chi connectivity index (χ0v) is 9.64. The molecule has 0 heterocycles. The van der Waals surface area contributed by atoms with Gasteiger partial charge in [0.15, 0.2) is 0 Å². The molecule has 2 atom stereocenters. The summed E-state index contributed by atoms with van der Waals surface area (Å²) in [5.41, 5.74) is 0.550. The quantitative estimate of drug-likeness (QED) is 0.867. The number of halogens is 2. The van der Waals surface area contributed by atoms with Gasteiger partial charge < -0.3 is 5.11 Å². The van der Waals surface area contributed by atoms with Crippen LogP contribution in [-0.4, -0.2) is 11.1 Å². The van der Waals surface area contributed by atoms with Crippen LogP contribution in [0.25, 0.3) is 0 Å². The van der Waals surface area contributed by atoms with Gasteiger partial charge >= 0.3 is 5.97 Å². The molecule has 15 heavy (non-hydrogen) atoms. The zero-order chi connectivity index (χ0) is 11.2. The summed E-state index contributed by atoms with van der Waals surface area (Å²) in [6.07, 6.45) is 0.643. The van der Waals surface area contributed by atoms with Gasteiger partial charge in [-0.3, -0.25) is 4.79 Å². The van der Waals surface area contributed by atoms with Gasteiger partial charge in [0.2, 0.25) is 0 Å². The second-order valence-corrected chi connectivity index (χ2v) is 4.98. The van der Waals surface area contributed by atoms with E-state index in [1.807, 2.05) is 13.0 Å². The summed E-state index contributed by atoms with van der Waals surface area (Å²) >= 11 is 11.8. The molecule has 4 heteroatoms. The average Bonchev–Trinajstić information content (AvgIpc) is 2.78. The second kappa shape index (κ2) is 3.39. The smallest absolute Gasteiger partial charge is 0.307 e. The number of carbonyl (C=O) groups is 1. The van der Waals surface area contributed by atoms with Crippen LogP contribution in [0, 0.1) is 5.92 Å². The maximum Gasteiger partial charge on any atom is 0.307 e. The van der Waals surface area contributed by atoms with Gasteiger partial charge in [0.1, 0.15) is 0 Å². The first-order valence-electron chi connectivity index (χ1n) is 4.63. The van der Waals surface area contributed by atoms with Gasteiger partial charge in [-0.25, -0.2) is 0 Å². The van der Waals surface area contributed by atoms with E-state index >= 15 is 0 Å². The Kier molecular flexibility index (Phi) is 2.44. The molecule has 1 aromatic carbocycles. The molecule has 1 aromatic rings. The molecule has 1 fully saturated rings. The van der Waals surface area contributed by atoms with Gasteiger partial charge in [0, 0.05) is 15.5 Å². The first-order valence-corrected chi connectivity index (χ1v) is 5.39. The monoisotopic (exact) mass is 244 g/mol. The van der Waals surface area contributed by atoms with Crippen molar-refractivity contribution in [3.63, 3.8) is 0 Å². The van der Waals surface area contributed by atoms with E-state index in [4.69, 9.17) is 28.3 Å². The van der Waals surface area contributed by atoms with Crippen LogP contribution in [0.1, 0.15) is 18.9 Å². The number of benzene rings is 1. The number of carboxylic acid groups (broad SMARTS) is 1. The van der Waals surface area contributed by atoms with Crippen LogP contribution in [0.3, 0.4) is 0 Å². The SMILES string of the molecule is CC1(c2ccc(Cl)cc2Cl)CC1C(=O)O. The fourth-order valence-corrected chi connectivity index (χ4v) is 2.60. The topological polar surface area (TPSA) is 37.3 Å². The Bertz CT molecular complexity index is 431. The minimum atomic E-state index is -0.761. The third-order valence-electron chi connectivity index (χ3n) is 3.08. The summed E-state index contributed by atoms with van der Waals surface area (Å²) < 4.78 is 0. The fourth-order valence-electron chi connectivity index (χ4n) is 1.98. The molecule has 0 radical (unpaired) electrons. The van der Waals surface area contributed by atoms with Crippen molar-refractivity contribution in [3.8, 4) is 0 Å². The van der Waals surface area contributed by atoms with Crippen molar-refractivity contribution >= 4 is 29.2 Å². The van der Waals surface area contributed by atoms with Crippen LogP contribution in [0.15, 0.2) is 18.2 Å². The van der Waals surface area contributed by atoms with Crippen LogP contribution in [0.5, 0.6) is 0 Å². The highest BCUT2D eigenvalue weighted by Crippen LogP contribution is 2.55. The van der Waals surface area contributed by atoms with Crippen LogP contribution in [-0.2, 0) is 10.2 Å². The van der Waals surface area contributed by atoms with Gasteiger partial charge in [0.25, 0.3) is 0 Å². The normalized spacial score (nSPS) is 28.9. The molecule has 80 valence electrons. The number of rotatable bonds is 2. The predicted molar refractivity (Wildman–Crippen MR) is 59.6 cm³/mol. The molecule has 1 N–H and O–H groups in total. The molecule has 0 aliphatic heterocycles. The summed E-state index contributed by atoms with van der Waals surface area (Å²) in [6, 6.07) is 5.21. The van der Waals surface area contributed by atoms with Crippen molar-refractivity contribution in [2.75, 3.05) is 0 Å². The molecule has 2 unspecified atom stereocenters. The molecule has 0 saturated heterocycles. The maximum atomic E-state index is 10.9. The van der Waals surface area contributed by atoms with Crippen LogP contribution in [0.2, 0.25) is 10.0 Å². The lowest BCUT2D eigenvalue weighted by atomic mass is 9.95. The molecule has 1 aliphatic rings. The number of hydrogen-bond acceptors (Lipinski definition) is 1. The Labute approximate surface area is 97.8 Å². The molecule has 1 aliphatic carbocycles. The lowest BCUT2D eigenvalue weighted by Gasteiger charge is -2.12. The molecule has 0 spiro atoms. The van der Waals surface area contributed by atoms with Crippen molar-refractivity contribution in [2.45, 2.75) is 18.8 Å². The van der Waals surface area contributed by atoms with Gasteiger partial charge in [-0.05, 0) is 24.1 Å². The predicted octanol–water partition coefficient (Wildman–Crippen LogP) is 3.36. The van der Waals surface area contributed by atoms with Crippen LogP contribution in [0.4, 0.5) is 0 Å². The van der Waals surface area contributed by atoms with Gasteiger partial charge in [-0.15, -0.1) is 0 Å². The Hall–Kier alpha value is -0.730. The standard InChI is InChI=1S/C11H10Cl2O2/c1-11(5-8(11)10(14)15)7-3-2-6(12)4-9(7)13/h2-4,8H,5H2,1H3,(H,14,15). The van der Waals surface area contributed by atoms with Crippen molar-refractivity contribution in [1.82, 2.24) is 0 Å². The third kappa shape index (κ3) is 1.72. The largest absolute Gasteiger partial charge is 0.481 e. The van der Waals surface area contributed by atoms with Gasteiger partial charge in [0.05, 0.1) is 5.92 Å². The maximum absolute atomic E-state index is 10.9. The molecule has 0 amide bonds. The lowest BCUT2D eigenvalue weighted by molar-refractivity contribution is -0.138. The molecule has 2 nitrogen and oxygen atoms in total. The van der Waals surface area contributed by atoms with E-state index in [1.54, 1.807) is 12.1 Å². The molecular weight excluding hydrogens is 235 g/mol. The Morgan fingerprint density at radius 2 is 2.20 bits per heavy atom. The minimum absolute atomic E-state index is 0.323. The highest BCUT2D eigenvalue weighted by Gasteiger charge is 2.56. The van der Waals surface area contributed by atoms with Gasteiger partial charge in [-0.1, -0.05) is 36.2 Å². The first-order chi connectivity index (χ1) is 6.95. The van der Waals surface area contributed by atoms with Crippen LogP contribution >= 0.6 is 23.2 Å². The van der Waals surface area contributed by atoms with E-state index in [-0.39, 0.29) is 11.3 Å². The van der Waals surface area contributed by atoms with E-state index < -0.39 is 5.97 Å². The summed E-state index contributed by atoms with van der Waals surface area (Å²) in [7, 11) is 0. The molecule has 1 saturated carbocycles. The average molecular weight is 245 g/mol. The van der Waals surface area contributed by atoms with E-state index in [2.05, 4.69) is 0 Å². The second-order valence-electron chi connectivity index (χ2n) is 4.14. The van der Waals surface area contributed by atoms with Crippen molar-refractivity contribution in [2.24, 2.45) is 5.92 Å². The number of carboxylic acids is 1. The van der Waals surface area contributed by atoms with E-state index in [9.17, 15) is 4.79 Å². The number of hydrogen-bond donors (Lipinski definition) is 1. The summed E-state index contributed by atoms with van der Waals surface area (Å²) in [5.74, 6) is -1.08. The summed E-state index contributed by atoms with van der Waals surface area (Å²) in [6.45, 7) is 1.92. The highest BCUT2D eigenvalue weighted by molar-refractivity contribution is 6.35. The fraction of sp³-hybridized carbons (Fsp3) is 0.364. The molecule has 0 aromatic heterocycles. The Morgan fingerprint density at radius 1 is 1.53 bits per heavy atom. The molecule has 2 rings (SSSR count). The Balaban J connectivity index is 2.36. The lowest BCUT2D eigenvalue weighted by Crippen LogP contribution is -2.11. The number of aliphatic carboxylic acids is 1. The van der Waals surface area contributed by atoms with Crippen molar-refractivity contribution < 1.29 is 9.90 Å². The van der Waals surface area contributed by atoms with E-state index in [0.29, 0.717) is 16.5 Å². The minimum Gasteiger partial charge on any atom is -0.481 e. The van der Waals surface area contributed by atoms with Crippen molar-refractivity contribution in [1.29, 1.82) is 0 Å². The van der Waals surface area contributed by atoms with E-state index in [1.165, 1.54) is 0 Å². The zero-order valence-electron chi connectivity index (χ0n) is 8.13. The highest BCUT2D eigenvalue weighted by atomic mass is 35.5. The van der Waals surface area contributed by atoms with Crippen LogP contribution < -0.4 is 0 Å². The summed E-state index contributed by atoms with van der Waals surface area (Å²) in [4.78, 5) is 10.9. The van der Waals surface area contributed by atoms with E-state index in [0.717, 1.165) is 5.56 Å². The Morgan fingerprint density at radius 3 is 2.67 bits per heavy atom. The summed E-state index contributed by atoms with van der Waals surface area (Å²) in [5, 5.41) is 10.0. The third-order valence-corrected chi connectivity index (χ3v) is 3.63. The molecular formula is C11H10Cl2O2.